The number of carbonyl (C=O) groups excluding carboxylic acids is 1. The van der Waals surface area contributed by atoms with Crippen molar-refractivity contribution in [1.82, 2.24) is 0 Å². The summed E-state index contributed by atoms with van der Waals surface area (Å²) in [4.78, 5) is 14.0. The van der Waals surface area contributed by atoms with Gasteiger partial charge in [-0.3, -0.25) is 0 Å². The molecule has 112 valence electrons. The lowest BCUT2D eigenvalue weighted by molar-refractivity contribution is 0.0601. The van der Waals surface area contributed by atoms with Crippen molar-refractivity contribution >= 4 is 17.3 Å². The summed E-state index contributed by atoms with van der Waals surface area (Å²) >= 11 is 0. The molecule has 0 bridgehead atoms. The number of carbonyl (C=O) groups is 1. The highest BCUT2D eigenvalue weighted by Crippen LogP contribution is 2.25. The predicted octanol–water partition coefficient (Wildman–Crippen LogP) is 2.16. The Kier molecular flexibility index (Phi) is 6.31. The quantitative estimate of drug-likeness (QED) is 0.612. The Morgan fingerprint density at radius 2 is 2.05 bits per heavy atom. The van der Waals surface area contributed by atoms with E-state index >= 15 is 0 Å². The van der Waals surface area contributed by atoms with E-state index in [-0.39, 0.29) is 5.97 Å². The fourth-order valence-corrected chi connectivity index (χ4v) is 2.06. The molecule has 0 aliphatic rings. The lowest BCUT2D eigenvalue weighted by Gasteiger charge is -2.28. The van der Waals surface area contributed by atoms with Crippen LogP contribution in [-0.4, -0.2) is 39.9 Å². The molecule has 0 unspecified atom stereocenters. The Morgan fingerprint density at radius 3 is 2.60 bits per heavy atom. The number of nitrogen functional groups attached to an aromatic ring is 1. The smallest absolute Gasteiger partial charge is 0.340 e. The number of benzene rings is 1. The Balaban J connectivity index is 3.13. The van der Waals surface area contributed by atoms with Crippen molar-refractivity contribution in [3.8, 4) is 0 Å². The van der Waals surface area contributed by atoms with Crippen LogP contribution >= 0.6 is 0 Å². The van der Waals surface area contributed by atoms with Gasteiger partial charge in [-0.2, -0.15) is 0 Å². The van der Waals surface area contributed by atoms with Crippen LogP contribution in [0, 0.1) is 5.92 Å². The number of hydrogen-bond acceptors (Lipinski definition) is 5. The predicted molar refractivity (Wildman–Crippen MR) is 81.1 cm³/mol. The van der Waals surface area contributed by atoms with Crippen molar-refractivity contribution < 1.29 is 14.3 Å². The zero-order chi connectivity index (χ0) is 15.1. The highest BCUT2D eigenvalue weighted by atomic mass is 16.5. The fraction of sp³-hybridized carbons (Fsp3) is 0.533. The van der Waals surface area contributed by atoms with Crippen molar-refractivity contribution in [3.05, 3.63) is 23.8 Å². The normalized spacial score (nSPS) is 10.7. The van der Waals surface area contributed by atoms with E-state index in [1.54, 1.807) is 19.2 Å². The average Bonchev–Trinajstić information content (AvgIpc) is 2.42. The first-order valence-corrected chi connectivity index (χ1v) is 6.71. The number of hydrogen-bond donors (Lipinski definition) is 1. The second-order valence-corrected chi connectivity index (χ2v) is 5.10. The number of ether oxygens (including phenoxy) is 2. The van der Waals surface area contributed by atoms with Gasteiger partial charge in [0.25, 0.3) is 0 Å². The number of anilines is 2. The van der Waals surface area contributed by atoms with Crippen LogP contribution in [0.5, 0.6) is 0 Å². The summed E-state index contributed by atoms with van der Waals surface area (Å²) in [5, 5.41) is 0. The first kappa shape index (κ1) is 16.3. The molecule has 5 heteroatoms. The summed E-state index contributed by atoms with van der Waals surface area (Å²) in [6, 6.07) is 5.31. The van der Waals surface area contributed by atoms with Crippen LogP contribution in [0.4, 0.5) is 11.4 Å². The van der Waals surface area contributed by atoms with E-state index in [0.29, 0.717) is 30.3 Å². The minimum Gasteiger partial charge on any atom is -0.465 e. The molecule has 0 aromatic heterocycles. The van der Waals surface area contributed by atoms with E-state index in [9.17, 15) is 4.79 Å². The zero-order valence-corrected chi connectivity index (χ0v) is 12.7. The molecule has 0 saturated carbocycles. The molecule has 0 atom stereocenters. The van der Waals surface area contributed by atoms with Gasteiger partial charge in [0.05, 0.1) is 25.0 Å². The van der Waals surface area contributed by atoms with Gasteiger partial charge >= 0.3 is 5.97 Å². The Hall–Kier alpha value is -1.75. The molecule has 1 aromatic carbocycles. The van der Waals surface area contributed by atoms with E-state index in [1.807, 2.05) is 6.07 Å². The van der Waals surface area contributed by atoms with Crippen molar-refractivity contribution in [1.29, 1.82) is 0 Å². The Bertz CT molecular complexity index is 447. The maximum atomic E-state index is 11.9. The molecule has 20 heavy (non-hydrogen) atoms. The van der Waals surface area contributed by atoms with Gasteiger partial charge < -0.3 is 20.1 Å². The second-order valence-electron chi connectivity index (χ2n) is 5.10. The van der Waals surface area contributed by atoms with Gasteiger partial charge in [0.1, 0.15) is 0 Å². The summed E-state index contributed by atoms with van der Waals surface area (Å²) in [6.07, 6.45) is 0. The summed E-state index contributed by atoms with van der Waals surface area (Å²) < 4.78 is 9.98. The third-order valence-electron chi connectivity index (χ3n) is 2.92. The van der Waals surface area contributed by atoms with Crippen molar-refractivity contribution in [3.63, 3.8) is 0 Å². The summed E-state index contributed by atoms with van der Waals surface area (Å²) in [7, 11) is 3.04. The molecule has 0 radical (unpaired) electrons. The van der Waals surface area contributed by atoms with Gasteiger partial charge in [0.15, 0.2) is 0 Å². The first-order chi connectivity index (χ1) is 9.49. The van der Waals surface area contributed by atoms with E-state index in [1.165, 1.54) is 7.11 Å². The van der Waals surface area contributed by atoms with Gasteiger partial charge in [0, 0.05) is 25.9 Å². The fourth-order valence-electron chi connectivity index (χ4n) is 2.06. The molecule has 1 aromatic rings. The molecular weight excluding hydrogens is 256 g/mol. The van der Waals surface area contributed by atoms with Crippen LogP contribution < -0.4 is 10.6 Å². The van der Waals surface area contributed by atoms with Crippen LogP contribution in [0.1, 0.15) is 24.2 Å². The third-order valence-corrected chi connectivity index (χ3v) is 2.92. The lowest BCUT2D eigenvalue weighted by Crippen LogP contribution is -2.32. The largest absolute Gasteiger partial charge is 0.465 e. The number of methoxy groups -OCH3 is 2. The zero-order valence-electron chi connectivity index (χ0n) is 12.7. The van der Waals surface area contributed by atoms with Crippen molar-refractivity contribution in [2.45, 2.75) is 13.8 Å². The maximum Gasteiger partial charge on any atom is 0.340 e. The highest BCUT2D eigenvalue weighted by molar-refractivity contribution is 5.97. The third kappa shape index (κ3) is 4.42. The van der Waals surface area contributed by atoms with E-state index in [4.69, 9.17) is 15.2 Å². The van der Waals surface area contributed by atoms with Crippen LogP contribution in [0.3, 0.4) is 0 Å². The van der Waals surface area contributed by atoms with Gasteiger partial charge in [-0.1, -0.05) is 13.8 Å². The molecule has 0 spiro atoms. The molecule has 0 aliphatic heterocycles. The van der Waals surface area contributed by atoms with E-state index in [2.05, 4.69) is 18.7 Å². The highest BCUT2D eigenvalue weighted by Gasteiger charge is 2.18. The van der Waals surface area contributed by atoms with Crippen LogP contribution in [0.25, 0.3) is 0 Å². The molecule has 0 fully saturated rings. The summed E-state index contributed by atoms with van der Waals surface area (Å²) in [5.41, 5.74) is 7.64. The number of nitrogens with zero attached hydrogens (tertiary/aromatic N) is 1. The number of nitrogens with two attached hydrogens (primary N) is 1. The van der Waals surface area contributed by atoms with Gasteiger partial charge in [-0.25, -0.2) is 4.79 Å². The molecule has 0 aliphatic carbocycles. The average molecular weight is 280 g/mol. The van der Waals surface area contributed by atoms with E-state index < -0.39 is 0 Å². The Morgan fingerprint density at radius 1 is 1.35 bits per heavy atom. The Labute approximate surface area is 120 Å². The van der Waals surface area contributed by atoms with Crippen molar-refractivity contribution in [2.24, 2.45) is 5.92 Å². The lowest BCUT2D eigenvalue weighted by atomic mass is 10.1. The molecule has 2 N–H and O–H groups in total. The van der Waals surface area contributed by atoms with E-state index in [0.717, 1.165) is 12.2 Å². The molecule has 0 heterocycles. The molecule has 0 amide bonds. The minimum atomic E-state index is -0.376. The van der Waals surface area contributed by atoms with Crippen molar-refractivity contribution in [2.75, 3.05) is 44.5 Å². The number of esters is 1. The second kappa shape index (κ2) is 7.75. The van der Waals surface area contributed by atoms with Crippen LogP contribution in [0.2, 0.25) is 0 Å². The molecule has 0 saturated heterocycles. The number of rotatable bonds is 7. The maximum absolute atomic E-state index is 11.9. The van der Waals surface area contributed by atoms with Gasteiger partial charge in [-0.15, -0.1) is 0 Å². The SMILES string of the molecule is COCCN(CC(C)C)c1ccc(N)cc1C(=O)OC. The minimum absolute atomic E-state index is 0.376. The van der Waals surface area contributed by atoms with Gasteiger partial charge in [0.2, 0.25) is 0 Å². The monoisotopic (exact) mass is 280 g/mol. The summed E-state index contributed by atoms with van der Waals surface area (Å²) in [5.74, 6) is 0.0911. The van der Waals surface area contributed by atoms with Gasteiger partial charge in [-0.05, 0) is 24.1 Å². The molecular formula is C15H24N2O3. The first-order valence-electron chi connectivity index (χ1n) is 6.71. The summed E-state index contributed by atoms with van der Waals surface area (Å²) in [6.45, 7) is 6.40. The topological polar surface area (TPSA) is 64.8 Å². The molecule has 5 nitrogen and oxygen atoms in total. The van der Waals surface area contributed by atoms with Crippen LogP contribution in [0.15, 0.2) is 18.2 Å². The molecule has 1 rings (SSSR count). The standard InChI is InChI=1S/C15H24N2O3/c1-11(2)10-17(7-8-19-3)14-6-5-12(16)9-13(14)15(18)20-4/h5-6,9,11H,7-8,10,16H2,1-4H3. The van der Waals surface area contributed by atoms with Crippen LogP contribution in [-0.2, 0) is 9.47 Å².